The van der Waals surface area contributed by atoms with Gasteiger partial charge in [-0.1, -0.05) is 30.3 Å². The summed E-state index contributed by atoms with van der Waals surface area (Å²) >= 11 is 0. The Labute approximate surface area is 121 Å². The number of hydrogen-bond acceptors (Lipinski definition) is 4. The van der Waals surface area contributed by atoms with Crippen LogP contribution in [0, 0.1) is 0 Å². The van der Waals surface area contributed by atoms with Gasteiger partial charge in [-0.15, -0.1) is 0 Å². The first-order chi connectivity index (χ1) is 10.2. The maximum absolute atomic E-state index is 12.0. The molecule has 1 saturated heterocycles. The Morgan fingerprint density at radius 1 is 1.14 bits per heavy atom. The van der Waals surface area contributed by atoms with Crippen molar-refractivity contribution in [2.45, 2.75) is 6.04 Å². The molecule has 2 N–H and O–H groups in total. The second kappa shape index (κ2) is 5.41. The lowest BCUT2D eigenvalue weighted by Crippen LogP contribution is -2.22. The van der Waals surface area contributed by atoms with Crippen LogP contribution in [0.3, 0.4) is 0 Å². The highest BCUT2D eigenvalue weighted by molar-refractivity contribution is 6.07. The predicted octanol–water partition coefficient (Wildman–Crippen LogP) is 1.70. The molecule has 3 rings (SSSR count). The molecular formula is C15H14N2O4. The average molecular weight is 286 g/mol. The van der Waals surface area contributed by atoms with Crippen LogP contribution < -0.4 is 15.4 Å². The van der Waals surface area contributed by atoms with Crippen LogP contribution in [0.5, 0.6) is 5.75 Å². The van der Waals surface area contributed by atoms with Crippen LogP contribution in [-0.2, 0) is 9.53 Å². The maximum atomic E-state index is 12.0. The zero-order valence-electron chi connectivity index (χ0n) is 11.4. The molecule has 1 unspecified atom stereocenters. The molecule has 0 radical (unpaired) electrons. The Hall–Kier alpha value is -2.60. The molecule has 0 bridgehead atoms. The van der Waals surface area contributed by atoms with Crippen molar-refractivity contribution in [2.24, 2.45) is 0 Å². The first-order valence-corrected chi connectivity index (χ1v) is 6.45. The lowest BCUT2D eigenvalue weighted by molar-refractivity contribution is -0.120. The summed E-state index contributed by atoms with van der Waals surface area (Å²) in [6.45, 7) is 0.0631. The minimum atomic E-state index is -0.768. The van der Waals surface area contributed by atoms with E-state index < -0.39 is 18.0 Å². The Morgan fingerprint density at radius 3 is 2.67 bits per heavy atom. The molecule has 1 fully saturated rings. The minimum Gasteiger partial charge on any atom is -0.467 e. The van der Waals surface area contributed by atoms with E-state index in [0.717, 1.165) is 10.8 Å². The topological polar surface area (TPSA) is 76.7 Å². The van der Waals surface area contributed by atoms with E-state index in [2.05, 4.69) is 10.6 Å². The highest BCUT2D eigenvalue weighted by Crippen LogP contribution is 2.34. The van der Waals surface area contributed by atoms with Crippen molar-refractivity contribution in [2.75, 3.05) is 13.9 Å². The Morgan fingerprint density at radius 2 is 1.95 bits per heavy atom. The molecule has 2 aromatic rings. The van der Waals surface area contributed by atoms with Crippen LogP contribution >= 0.6 is 0 Å². The average Bonchev–Trinajstić information content (AvgIpc) is 2.82. The summed E-state index contributed by atoms with van der Waals surface area (Å²) in [5.74, 6) is 0.122. The van der Waals surface area contributed by atoms with Gasteiger partial charge in [0.05, 0.1) is 0 Å². The van der Waals surface area contributed by atoms with Crippen LogP contribution in [0.25, 0.3) is 10.8 Å². The van der Waals surface area contributed by atoms with E-state index in [1.807, 2.05) is 30.3 Å². The quantitative estimate of drug-likeness (QED) is 0.662. The maximum Gasteiger partial charge on any atom is 0.322 e. The van der Waals surface area contributed by atoms with E-state index >= 15 is 0 Å². The van der Waals surface area contributed by atoms with Crippen molar-refractivity contribution < 1.29 is 19.1 Å². The fourth-order valence-electron chi connectivity index (χ4n) is 2.44. The SMILES string of the molecule is COCOc1ccc2ccccc2c1C1NC(=O)NC1=O. The highest BCUT2D eigenvalue weighted by atomic mass is 16.7. The second-order valence-electron chi connectivity index (χ2n) is 4.65. The molecule has 1 aliphatic heterocycles. The van der Waals surface area contributed by atoms with Gasteiger partial charge in [0.15, 0.2) is 6.79 Å². The number of hydrogen-bond donors (Lipinski definition) is 2. The fourth-order valence-corrected chi connectivity index (χ4v) is 2.44. The summed E-state index contributed by atoms with van der Waals surface area (Å²) in [5.41, 5.74) is 0.633. The number of nitrogens with one attached hydrogen (secondary N) is 2. The van der Waals surface area contributed by atoms with E-state index in [4.69, 9.17) is 9.47 Å². The van der Waals surface area contributed by atoms with Gasteiger partial charge in [0, 0.05) is 12.7 Å². The summed E-state index contributed by atoms with van der Waals surface area (Å²) in [6, 6.07) is 10.0. The molecular weight excluding hydrogens is 272 g/mol. The zero-order chi connectivity index (χ0) is 14.8. The highest BCUT2D eigenvalue weighted by Gasteiger charge is 2.34. The summed E-state index contributed by atoms with van der Waals surface area (Å²) in [4.78, 5) is 23.4. The molecule has 3 amide bonds. The number of carbonyl (C=O) groups excluding carboxylic acids is 2. The Kier molecular flexibility index (Phi) is 3.45. The van der Waals surface area contributed by atoms with Crippen LogP contribution in [0.4, 0.5) is 4.79 Å². The smallest absolute Gasteiger partial charge is 0.322 e. The van der Waals surface area contributed by atoms with Gasteiger partial charge in [0.1, 0.15) is 11.8 Å². The molecule has 1 atom stereocenters. The number of amides is 3. The third-order valence-corrected chi connectivity index (χ3v) is 3.33. The molecule has 21 heavy (non-hydrogen) atoms. The third kappa shape index (κ3) is 2.41. The molecule has 2 aromatic carbocycles. The first kappa shape index (κ1) is 13.4. The van der Waals surface area contributed by atoms with Crippen LogP contribution in [0.1, 0.15) is 11.6 Å². The fraction of sp³-hybridized carbons (Fsp3) is 0.200. The third-order valence-electron chi connectivity index (χ3n) is 3.33. The van der Waals surface area contributed by atoms with Gasteiger partial charge in [0.2, 0.25) is 0 Å². The van der Waals surface area contributed by atoms with Crippen molar-refractivity contribution in [3.63, 3.8) is 0 Å². The van der Waals surface area contributed by atoms with Gasteiger partial charge in [-0.05, 0) is 16.8 Å². The number of fused-ring (bicyclic) bond motifs is 1. The van der Waals surface area contributed by atoms with Crippen LogP contribution in [0.15, 0.2) is 36.4 Å². The van der Waals surface area contributed by atoms with E-state index in [1.165, 1.54) is 7.11 Å². The first-order valence-electron chi connectivity index (χ1n) is 6.45. The molecule has 0 spiro atoms. The summed E-state index contributed by atoms with van der Waals surface area (Å²) < 4.78 is 10.5. The Bertz CT molecular complexity index is 714. The number of benzene rings is 2. The van der Waals surface area contributed by atoms with E-state index in [9.17, 15) is 9.59 Å². The Balaban J connectivity index is 2.16. The normalized spacial score (nSPS) is 17.7. The van der Waals surface area contributed by atoms with Crippen LogP contribution in [0.2, 0.25) is 0 Å². The number of urea groups is 1. The number of carbonyl (C=O) groups is 2. The number of imide groups is 1. The van der Waals surface area contributed by atoms with Gasteiger partial charge in [-0.2, -0.15) is 0 Å². The molecule has 6 heteroatoms. The van der Waals surface area contributed by atoms with Crippen LogP contribution in [-0.4, -0.2) is 25.8 Å². The van der Waals surface area contributed by atoms with Crippen molar-refractivity contribution >= 4 is 22.7 Å². The largest absolute Gasteiger partial charge is 0.467 e. The summed E-state index contributed by atoms with van der Waals surface area (Å²) in [5, 5.41) is 6.67. The zero-order valence-corrected chi connectivity index (χ0v) is 11.4. The summed E-state index contributed by atoms with van der Waals surface area (Å²) in [7, 11) is 1.52. The molecule has 108 valence electrons. The van der Waals surface area contributed by atoms with Crippen molar-refractivity contribution in [1.29, 1.82) is 0 Å². The molecule has 0 aromatic heterocycles. The van der Waals surface area contributed by atoms with E-state index in [1.54, 1.807) is 6.07 Å². The second-order valence-corrected chi connectivity index (χ2v) is 4.65. The van der Waals surface area contributed by atoms with E-state index in [-0.39, 0.29) is 6.79 Å². The molecule has 1 heterocycles. The van der Waals surface area contributed by atoms with Crippen molar-refractivity contribution in [3.05, 3.63) is 42.0 Å². The lowest BCUT2D eigenvalue weighted by atomic mass is 9.97. The number of rotatable bonds is 4. The van der Waals surface area contributed by atoms with Gasteiger partial charge in [0.25, 0.3) is 5.91 Å². The van der Waals surface area contributed by atoms with E-state index in [0.29, 0.717) is 11.3 Å². The van der Waals surface area contributed by atoms with Gasteiger partial charge >= 0.3 is 6.03 Å². The van der Waals surface area contributed by atoms with Crippen molar-refractivity contribution in [1.82, 2.24) is 10.6 Å². The van der Waals surface area contributed by atoms with Gasteiger partial charge in [-0.3, -0.25) is 10.1 Å². The van der Waals surface area contributed by atoms with Crippen molar-refractivity contribution in [3.8, 4) is 5.75 Å². The number of methoxy groups -OCH3 is 1. The molecule has 1 aliphatic rings. The lowest BCUT2D eigenvalue weighted by Gasteiger charge is -2.17. The summed E-state index contributed by atoms with van der Waals surface area (Å²) in [6.07, 6.45) is 0. The molecule has 6 nitrogen and oxygen atoms in total. The standard InChI is InChI=1S/C15H14N2O4/c1-20-8-21-11-7-6-9-4-2-3-5-10(9)12(11)13-14(18)17-15(19)16-13/h2-7,13H,8H2,1H3,(H2,16,17,18,19). The molecule has 0 aliphatic carbocycles. The minimum absolute atomic E-state index is 0.0631. The van der Waals surface area contributed by atoms with Gasteiger partial charge in [-0.25, -0.2) is 4.79 Å². The monoisotopic (exact) mass is 286 g/mol. The molecule has 0 saturated carbocycles. The van der Waals surface area contributed by atoms with Gasteiger partial charge < -0.3 is 14.8 Å². The predicted molar refractivity (Wildman–Crippen MR) is 75.9 cm³/mol. The number of ether oxygens (including phenoxy) is 2.